The zero-order valence-electron chi connectivity index (χ0n) is 20.7. The number of pyridine rings is 1. The van der Waals surface area contributed by atoms with Crippen LogP contribution in [0.1, 0.15) is 30.4 Å². The van der Waals surface area contributed by atoms with E-state index in [0.717, 1.165) is 57.6 Å². The molecule has 0 amide bonds. The maximum atomic E-state index is 13.4. The second-order valence-corrected chi connectivity index (χ2v) is 8.83. The highest BCUT2D eigenvalue weighted by Crippen LogP contribution is 2.36. The average molecular weight is 538 g/mol. The first-order chi connectivity index (χ1) is 18.3. The molecule has 0 radical (unpaired) electrons. The second-order valence-electron chi connectivity index (χ2n) is 8.83. The summed E-state index contributed by atoms with van der Waals surface area (Å²) in [7, 11) is 0. The fourth-order valence-corrected chi connectivity index (χ4v) is 4.66. The third-order valence-corrected chi connectivity index (χ3v) is 6.45. The van der Waals surface area contributed by atoms with Crippen molar-refractivity contribution >= 4 is 18.0 Å². The Bertz CT molecular complexity index is 1130. The van der Waals surface area contributed by atoms with Gasteiger partial charge in [0, 0.05) is 52.1 Å². The molecule has 2 N–H and O–H groups in total. The molecule has 0 spiro atoms. The van der Waals surface area contributed by atoms with Crippen LogP contribution in [0, 0.1) is 11.3 Å². The lowest BCUT2D eigenvalue weighted by Crippen LogP contribution is -2.47. The number of carbonyl (C=O) groups is 1. The minimum absolute atomic E-state index is 0.179. The lowest BCUT2D eigenvalue weighted by molar-refractivity contribution is -0.138. The monoisotopic (exact) mass is 537 g/mol. The third-order valence-electron chi connectivity index (χ3n) is 6.45. The molecule has 38 heavy (non-hydrogen) atoms. The fourth-order valence-electron chi connectivity index (χ4n) is 4.66. The van der Waals surface area contributed by atoms with Gasteiger partial charge in [-0.3, -0.25) is 14.5 Å². The Hall–Kier alpha value is -3.70. The van der Waals surface area contributed by atoms with Crippen LogP contribution < -0.4 is 15.4 Å². The van der Waals surface area contributed by atoms with Crippen molar-refractivity contribution in [2.24, 2.45) is 0 Å². The Labute approximate surface area is 217 Å². The van der Waals surface area contributed by atoms with E-state index in [1.165, 1.54) is 0 Å². The highest BCUT2D eigenvalue weighted by atomic mass is 19.4. The van der Waals surface area contributed by atoms with E-state index < -0.39 is 17.3 Å². The van der Waals surface area contributed by atoms with Crippen molar-refractivity contribution in [3.05, 3.63) is 46.0 Å². The van der Waals surface area contributed by atoms with E-state index in [4.69, 9.17) is 19.9 Å². The van der Waals surface area contributed by atoms with E-state index in [2.05, 4.69) is 26.0 Å². The number of nitrogens with one attached hydrogen (secondary N) is 1. The van der Waals surface area contributed by atoms with Crippen LogP contribution in [0.2, 0.25) is 0 Å². The summed E-state index contributed by atoms with van der Waals surface area (Å²) in [4.78, 5) is 30.7. The predicted octanol–water partition coefficient (Wildman–Crippen LogP) is 1.95. The van der Waals surface area contributed by atoms with Crippen LogP contribution in [0.4, 0.5) is 24.7 Å². The minimum atomic E-state index is -4.75. The van der Waals surface area contributed by atoms with Gasteiger partial charge in [0.05, 0.1) is 30.1 Å². The first kappa shape index (κ1) is 28.9. The number of hydrogen-bond donors (Lipinski definition) is 2. The molecular weight excluding hydrogens is 507 g/mol. The van der Waals surface area contributed by atoms with E-state index >= 15 is 0 Å². The molecule has 2 aliphatic rings. The Balaban J connectivity index is 0.00000127. The van der Waals surface area contributed by atoms with Gasteiger partial charge >= 0.3 is 6.18 Å². The zero-order chi connectivity index (χ0) is 27.5. The van der Waals surface area contributed by atoms with Crippen LogP contribution in [0.15, 0.2) is 29.3 Å². The summed E-state index contributed by atoms with van der Waals surface area (Å²) < 4.78 is 46.2. The quantitative estimate of drug-likeness (QED) is 0.380. The number of carboxylic acid groups (broad SMARTS) is 1. The molecule has 1 atom stereocenters. The van der Waals surface area contributed by atoms with Crippen molar-refractivity contribution < 1.29 is 27.8 Å². The summed E-state index contributed by atoms with van der Waals surface area (Å²) in [6.45, 7) is 5.37. The summed E-state index contributed by atoms with van der Waals surface area (Å²) in [5.41, 5.74) is -2.06. The standard InChI is InChI=1S/C23H28F3N7O2.CH2O2/c24-23(25,26)21-19(15-29-30-22(21)34)33-7-1-3-18(33)16-35-12-2-6-31-8-10-32(11-9-31)20-5-4-17(13-27)14-28-20;2-1-3/h4-5,14-15,18H,1-3,6-12,16H2,(H,30,34);1H,(H,2,3). The molecule has 206 valence electrons. The molecule has 2 fully saturated rings. The number of alkyl halides is 3. The Kier molecular flexibility index (Phi) is 10.4. The SMILES string of the molecule is N#Cc1ccc(N2CCN(CCCOCC3CCCN3c3cn[nH]c(=O)c3C(F)(F)F)CC2)nc1.O=CO. The van der Waals surface area contributed by atoms with Gasteiger partial charge in [-0.2, -0.15) is 23.5 Å². The fraction of sp³-hybridized carbons (Fsp3) is 0.542. The molecule has 0 aromatic carbocycles. The van der Waals surface area contributed by atoms with Crippen LogP contribution in [0.3, 0.4) is 0 Å². The molecule has 2 aliphatic heterocycles. The predicted molar refractivity (Wildman–Crippen MR) is 132 cm³/mol. The molecule has 4 rings (SSSR count). The lowest BCUT2D eigenvalue weighted by atomic mass is 10.2. The minimum Gasteiger partial charge on any atom is -0.483 e. The largest absolute Gasteiger partial charge is 0.483 e. The highest BCUT2D eigenvalue weighted by Gasteiger charge is 2.40. The lowest BCUT2D eigenvalue weighted by Gasteiger charge is -2.35. The first-order valence-electron chi connectivity index (χ1n) is 12.2. The number of H-pyrrole nitrogens is 1. The van der Waals surface area contributed by atoms with Gasteiger partial charge in [-0.15, -0.1) is 0 Å². The maximum absolute atomic E-state index is 13.4. The van der Waals surface area contributed by atoms with Crippen LogP contribution in [-0.4, -0.2) is 90.2 Å². The zero-order valence-corrected chi connectivity index (χ0v) is 20.7. The van der Waals surface area contributed by atoms with Crippen molar-refractivity contribution in [1.82, 2.24) is 20.1 Å². The number of aromatic nitrogens is 3. The van der Waals surface area contributed by atoms with Gasteiger partial charge in [0.2, 0.25) is 0 Å². The van der Waals surface area contributed by atoms with Gasteiger partial charge < -0.3 is 19.6 Å². The summed E-state index contributed by atoms with van der Waals surface area (Å²) >= 11 is 0. The third kappa shape index (κ3) is 7.65. The summed E-state index contributed by atoms with van der Waals surface area (Å²) in [6.07, 6.45) is 0.171. The number of aromatic amines is 1. The van der Waals surface area contributed by atoms with E-state index in [1.807, 2.05) is 11.2 Å². The molecule has 14 heteroatoms. The topological polar surface area (TPSA) is 139 Å². The Morgan fingerprint density at radius 3 is 2.58 bits per heavy atom. The van der Waals surface area contributed by atoms with Crippen molar-refractivity contribution in [2.45, 2.75) is 31.5 Å². The molecule has 11 nitrogen and oxygen atoms in total. The van der Waals surface area contributed by atoms with E-state index in [-0.39, 0.29) is 18.2 Å². The van der Waals surface area contributed by atoms with Crippen LogP contribution in [0.25, 0.3) is 0 Å². The van der Waals surface area contributed by atoms with Crippen LogP contribution in [-0.2, 0) is 15.7 Å². The summed E-state index contributed by atoms with van der Waals surface area (Å²) in [5, 5.41) is 21.3. The number of halogens is 3. The number of nitrogens with zero attached hydrogens (tertiary/aromatic N) is 6. The van der Waals surface area contributed by atoms with Gasteiger partial charge in [-0.25, -0.2) is 10.1 Å². The van der Waals surface area contributed by atoms with Crippen molar-refractivity contribution in [1.29, 1.82) is 5.26 Å². The van der Waals surface area contributed by atoms with Gasteiger partial charge in [-0.1, -0.05) is 0 Å². The molecule has 0 saturated carbocycles. The number of piperazine rings is 1. The maximum Gasteiger partial charge on any atom is 0.423 e. The molecule has 2 saturated heterocycles. The van der Waals surface area contributed by atoms with Crippen LogP contribution >= 0.6 is 0 Å². The Morgan fingerprint density at radius 2 is 1.95 bits per heavy atom. The molecule has 2 aromatic rings. The number of nitriles is 1. The molecule has 2 aromatic heterocycles. The van der Waals surface area contributed by atoms with Crippen LogP contribution in [0.5, 0.6) is 0 Å². The van der Waals surface area contributed by atoms with Gasteiger partial charge in [0.1, 0.15) is 17.5 Å². The van der Waals surface area contributed by atoms with Crippen molar-refractivity contribution in [2.75, 3.05) is 62.3 Å². The molecular formula is C24H30F3N7O4. The van der Waals surface area contributed by atoms with E-state index in [1.54, 1.807) is 17.2 Å². The number of hydrogen-bond acceptors (Lipinski definition) is 9. The van der Waals surface area contributed by atoms with E-state index in [9.17, 15) is 18.0 Å². The summed E-state index contributed by atoms with van der Waals surface area (Å²) in [5.74, 6) is 0.873. The second kappa shape index (κ2) is 13.7. The normalized spacial score (nSPS) is 18.0. The van der Waals surface area contributed by atoms with Gasteiger partial charge in [-0.05, 0) is 31.4 Å². The number of rotatable bonds is 8. The van der Waals surface area contributed by atoms with Crippen molar-refractivity contribution in [3.63, 3.8) is 0 Å². The van der Waals surface area contributed by atoms with Gasteiger partial charge in [0.15, 0.2) is 0 Å². The smallest absolute Gasteiger partial charge is 0.423 e. The molecule has 4 heterocycles. The van der Waals surface area contributed by atoms with Gasteiger partial charge in [0.25, 0.3) is 12.0 Å². The highest BCUT2D eigenvalue weighted by molar-refractivity contribution is 5.54. The average Bonchev–Trinajstić information content (AvgIpc) is 3.37. The van der Waals surface area contributed by atoms with E-state index in [0.29, 0.717) is 31.7 Å². The number of ether oxygens (including phenoxy) is 1. The Morgan fingerprint density at radius 1 is 1.21 bits per heavy atom. The molecule has 1 unspecified atom stereocenters. The number of anilines is 2. The molecule has 0 aliphatic carbocycles. The van der Waals surface area contributed by atoms with Crippen molar-refractivity contribution in [3.8, 4) is 6.07 Å². The first-order valence-corrected chi connectivity index (χ1v) is 12.2. The molecule has 0 bridgehead atoms. The summed E-state index contributed by atoms with van der Waals surface area (Å²) in [6, 6.07) is 5.49.